The van der Waals surface area contributed by atoms with Crippen molar-refractivity contribution in [3.8, 4) is 11.5 Å². The van der Waals surface area contributed by atoms with Crippen LogP contribution in [0, 0.1) is 5.82 Å². The van der Waals surface area contributed by atoms with Gasteiger partial charge in [0.2, 0.25) is 5.91 Å². The van der Waals surface area contributed by atoms with Crippen LogP contribution in [0.5, 0.6) is 11.5 Å². The number of fused-ring (bicyclic) bond motifs is 2. The van der Waals surface area contributed by atoms with Crippen LogP contribution >= 0.6 is 0 Å². The highest BCUT2D eigenvalue weighted by Crippen LogP contribution is 2.52. The van der Waals surface area contributed by atoms with Crippen molar-refractivity contribution >= 4 is 28.3 Å². The Hall–Kier alpha value is -3.57. The van der Waals surface area contributed by atoms with E-state index in [0.717, 1.165) is 0 Å². The quantitative estimate of drug-likeness (QED) is 0.421. The van der Waals surface area contributed by atoms with Crippen LogP contribution in [-0.4, -0.2) is 46.0 Å². The molecule has 0 saturated heterocycles. The lowest BCUT2D eigenvalue weighted by Gasteiger charge is -2.24. The van der Waals surface area contributed by atoms with E-state index < -0.39 is 41.2 Å². The predicted molar refractivity (Wildman–Crippen MR) is 126 cm³/mol. The minimum absolute atomic E-state index is 0.0879. The Bertz CT molecular complexity index is 1430. The minimum atomic E-state index is -3.78. The van der Waals surface area contributed by atoms with Crippen molar-refractivity contribution in [2.75, 3.05) is 18.5 Å². The van der Waals surface area contributed by atoms with Gasteiger partial charge in [-0.15, -0.1) is 8.78 Å². The van der Waals surface area contributed by atoms with E-state index in [-0.39, 0.29) is 30.3 Å². The number of hydrogen-bond acceptors (Lipinski definition) is 6. The number of alkyl halides is 2. The molecule has 11 heteroatoms. The van der Waals surface area contributed by atoms with Crippen LogP contribution in [0.15, 0.2) is 36.4 Å². The molecule has 0 atom stereocenters. The van der Waals surface area contributed by atoms with Crippen molar-refractivity contribution in [1.29, 1.82) is 0 Å². The zero-order valence-electron chi connectivity index (χ0n) is 20.1. The Kier molecular flexibility index (Phi) is 5.76. The Labute approximate surface area is 209 Å². The standard InChI is InChI=1S/C26H25F3N2O6/c1-24(2,13-33)22-8-14-7-18(17(27)10-19(14)31(22)11-16(34)12-32)30-23(35)25(5-6-25)15-3-4-20-21(9-15)37-26(28,29)36-20/h3-4,7-10,32-33H,5-6,11-13H2,1-2H3,(H,30,35). The maximum Gasteiger partial charge on any atom is 0.586 e. The van der Waals surface area contributed by atoms with Crippen LogP contribution in [0.3, 0.4) is 0 Å². The molecule has 1 amide bonds. The molecular formula is C26H25F3N2O6. The number of ketones is 1. The Morgan fingerprint density at radius 1 is 1.08 bits per heavy atom. The first-order valence-corrected chi connectivity index (χ1v) is 11.7. The van der Waals surface area contributed by atoms with Crippen molar-refractivity contribution in [2.24, 2.45) is 0 Å². The van der Waals surface area contributed by atoms with Gasteiger partial charge in [0, 0.05) is 22.6 Å². The molecule has 1 saturated carbocycles. The van der Waals surface area contributed by atoms with E-state index in [9.17, 15) is 28.6 Å². The SMILES string of the molecule is CC(C)(CO)c1cc2cc(NC(=O)C3(c4ccc5c(c4)OC(F)(F)O5)CC3)c(F)cc2n1CC(=O)CO. The summed E-state index contributed by atoms with van der Waals surface area (Å²) in [5, 5.41) is 22.2. The molecule has 0 radical (unpaired) electrons. The van der Waals surface area contributed by atoms with Gasteiger partial charge in [-0.3, -0.25) is 9.59 Å². The van der Waals surface area contributed by atoms with Crippen LogP contribution in [0.25, 0.3) is 10.9 Å². The third-order valence-corrected chi connectivity index (χ3v) is 6.98. The number of nitrogens with zero attached hydrogens (tertiary/aromatic N) is 1. The van der Waals surface area contributed by atoms with Gasteiger partial charge in [-0.05, 0) is 42.7 Å². The molecule has 0 unspecified atom stereocenters. The summed E-state index contributed by atoms with van der Waals surface area (Å²) in [7, 11) is 0. The topological polar surface area (TPSA) is 110 Å². The maximum atomic E-state index is 15.2. The molecule has 2 aliphatic rings. The number of nitrogens with one attached hydrogen (secondary N) is 1. The lowest BCUT2D eigenvalue weighted by molar-refractivity contribution is -0.286. The van der Waals surface area contributed by atoms with Crippen molar-refractivity contribution in [3.05, 3.63) is 53.5 Å². The van der Waals surface area contributed by atoms with Gasteiger partial charge in [0.15, 0.2) is 17.3 Å². The summed E-state index contributed by atoms with van der Waals surface area (Å²) < 4.78 is 52.5. The second kappa shape index (κ2) is 8.49. The molecule has 1 aliphatic carbocycles. The summed E-state index contributed by atoms with van der Waals surface area (Å²) >= 11 is 0. The molecule has 5 rings (SSSR count). The zero-order valence-corrected chi connectivity index (χ0v) is 20.1. The summed E-state index contributed by atoms with van der Waals surface area (Å²) in [5.41, 5.74) is -0.510. The second-order valence-corrected chi connectivity index (χ2v) is 10.1. The summed E-state index contributed by atoms with van der Waals surface area (Å²) in [5.74, 6) is -2.03. The molecule has 3 N–H and O–H groups in total. The fraction of sp³-hybridized carbons (Fsp3) is 0.385. The van der Waals surface area contributed by atoms with E-state index in [1.54, 1.807) is 24.5 Å². The molecule has 196 valence electrons. The van der Waals surface area contributed by atoms with Gasteiger partial charge in [-0.1, -0.05) is 19.9 Å². The average Bonchev–Trinajstić information content (AvgIpc) is 3.50. The number of carbonyl (C=O) groups is 2. The fourth-order valence-electron chi connectivity index (χ4n) is 4.68. The Balaban J connectivity index is 1.47. The monoisotopic (exact) mass is 518 g/mol. The first-order chi connectivity index (χ1) is 17.4. The first kappa shape index (κ1) is 25.1. The summed E-state index contributed by atoms with van der Waals surface area (Å²) in [4.78, 5) is 25.3. The maximum absolute atomic E-state index is 15.2. The number of aliphatic hydroxyl groups is 2. The number of aromatic nitrogens is 1. The lowest BCUT2D eigenvalue weighted by Crippen LogP contribution is -2.28. The Morgan fingerprint density at radius 3 is 2.43 bits per heavy atom. The highest BCUT2D eigenvalue weighted by Gasteiger charge is 2.53. The number of benzene rings is 2. The molecule has 2 aromatic carbocycles. The number of anilines is 1. The molecule has 2 heterocycles. The Morgan fingerprint density at radius 2 is 1.78 bits per heavy atom. The third-order valence-electron chi connectivity index (χ3n) is 6.98. The fourth-order valence-corrected chi connectivity index (χ4v) is 4.68. The number of aliphatic hydroxyl groups excluding tert-OH is 2. The molecule has 0 bridgehead atoms. The van der Waals surface area contributed by atoms with Gasteiger partial charge in [0.05, 0.1) is 29.8 Å². The van der Waals surface area contributed by atoms with E-state index in [2.05, 4.69) is 14.8 Å². The number of halogens is 3. The van der Waals surface area contributed by atoms with Gasteiger partial charge in [-0.2, -0.15) is 0 Å². The van der Waals surface area contributed by atoms with Crippen LogP contribution in [0.4, 0.5) is 18.9 Å². The minimum Gasteiger partial charge on any atom is -0.395 e. The van der Waals surface area contributed by atoms with E-state index in [0.29, 0.717) is 35.0 Å². The normalized spacial score (nSPS) is 17.2. The van der Waals surface area contributed by atoms with Crippen molar-refractivity contribution in [1.82, 2.24) is 4.57 Å². The number of rotatable bonds is 8. The summed E-state index contributed by atoms with van der Waals surface area (Å²) in [6.45, 7) is 2.38. The molecule has 37 heavy (non-hydrogen) atoms. The molecular weight excluding hydrogens is 493 g/mol. The van der Waals surface area contributed by atoms with Gasteiger partial charge >= 0.3 is 6.29 Å². The average molecular weight is 518 g/mol. The van der Waals surface area contributed by atoms with Crippen molar-refractivity contribution in [2.45, 2.75) is 50.4 Å². The molecule has 8 nitrogen and oxygen atoms in total. The second-order valence-electron chi connectivity index (χ2n) is 10.1. The molecule has 1 fully saturated rings. The van der Waals surface area contributed by atoms with E-state index in [4.69, 9.17) is 0 Å². The van der Waals surface area contributed by atoms with Crippen molar-refractivity contribution in [3.63, 3.8) is 0 Å². The molecule has 3 aromatic rings. The smallest absolute Gasteiger partial charge is 0.395 e. The molecule has 0 spiro atoms. The van der Waals surface area contributed by atoms with E-state index >= 15 is 4.39 Å². The highest BCUT2D eigenvalue weighted by molar-refractivity contribution is 6.03. The number of hydrogen-bond donors (Lipinski definition) is 3. The number of Topliss-reactive ketones (excluding diaryl/α,β-unsaturated/α-hetero) is 1. The van der Waals surface area contributed by atoms with E-state index in [1.165, 1.54) is 30.3 Å². The first-order valence-electron chi connectivity index (χ1n) is 11.7. The van der Waals surface area contributed by atoms with Gasteiger partial charge in [0.25, 0.3) is 0 Å². The predicted octanol–water partition coefficient (Wildman–Crippen LogP) is 3.60. The van der Waals surface area contributed by atoms with Crippen LogP contribution in [-0.2, 0) is 27.0 Å². The van der Waals surface area contributed by atoms with Crippen LogP contribution < -0.4 is 14.8 Å². The van der Waals surface area contributed by atoms with Crippen molar-refractivity contribution < 1.29 is 42.4 Å². The zero-order chi connectivity index (χ0) is 26.8. The largest absolute Gasteiger partial charge is 0.586 e. The number of amides is 1. The van der Waals surface area contributed by atoms with Gasteiger partial charge < -0.3 is 29.6 Å². The van der Waals surface area contributed by atoms with E-state index in [1.807, 2.05) is 0 Å². The summed E-state index contributed by atoms with van der Waals surface area (Å²) in [6.07, 6.45) is -2.90. The summed E-state index contributed by atoms with van der Waals surface area (Å²) in [6, 6.07) is 8.49. The van der Waals surface area contributed by atoms with Crippen LogP contribution in [0.1, 0.15) is 37.9 Å². The van der Waals surface area contributed by atoms with Crippen LogP contribution in [0.2, 0.25) is 0 Å². The molecule has 1 aromatic heterocycles. The lowest BCUT2D eigenvalue weighted by atomic mass is 9.90. The third kappa shape index (κ3) is 4.31. The molecule has 1 aliphatic heterocycles. The number of ether oxygens (including phenoxy) is 2. The van der Waals surface area contributed by atoms with Gasteiger partial charge in [-0.25, -0.2) is 4.39 Å². The number of carbonyl (C=O) groups excluding carboxylic acids is 2. The van der Waals surface area contributed by atoms with Gasteiger partial charge in [0.1, 0.15) is 12.4 Å². The highest BCUT2D eigenvalue weighted by atomic mass is 19.3.